The number of nitrogens with zero attached hydrogens (tertiary/aromatic N) is 1. The molecular formula is C14H30N2S. The van der Waals surface area contributed by atoms with Gasteiger partial charge in [-0.3, -0.25) is 4.90 Å². The number of rotatable bonds is 5. The fourth-order valence-corrected chi connectivity index (χ4v) is 4.13. The predicted molar refractivity (Wildman–Crippen MR) is 79.6 cm³/mol. The van der Waals surface area contributed by atoms with Crippen molar-refractivity contribution in [2.75, 3.05) is 25.6 Å². The Kier molecular flexibility index (Phi) is 5.81. The summed E-state index contributed by atoms with van der Waals surface area (Å²) in [6, 6.07) is 0.612. The molecule has 1 aliphatic carbocycles. The molecule has 0 saturated heterocycles. The van der Waals surface area contributed by atoms with Gasteiger partial charge in [0.1, 0.15) is 0 Å². The van der Waals surface area contributed by atoms with Gasteiger partial charge in [-0.1, -0.05) is 20.3 Å². The number of hydrogen-bond acceptors (Lipinski definition) is 3. The molecule has 3 heteroatoms. The molecule has 4 atom stereocenters. The Bertz CT molecular complexity index is 234. The van der Waals surface area contributed by atoms with Crippen LogP contribution in [0.2, 0.25) is 0 Å². The van der Waals surface area contributed by atoms with Crippen LogP contribution in [0.15, 0.2) is 0 Å². The lowest BCUT2D eigenvalue weighted by Gasteiger charge is -2.52. The first-order valence-corrected chi connectivity index (χ1v) is 8.29. The van der Waals surface area contributed by atoms with Gasteiger partial charge < -0.3 is 5.73 Å². The fraction of sp³-hybridized carbons (Fsp3) is 1.00. The summed E-state index contributed by atoms with van der Waals surface area (Å²) < 4.78 is 0. The van der Waals surface area contributed by atoms with Crippen LogP contribution in [0.5, 0.6) is 0 Å². The zero-order chi connectivity index (χ0) is 13.1. The first-order chi connectivity index (χ1) is 7.97. The van der Waals surface area contributed by atoms with Crippen LogP contribution < -0.4 is 5.73 Å². The monoisotopic (exact) mass is 258 g/mol. The Balaban J connectivity index is 2.84. The van der Waals surface area contributed by atoms with Crippen molar-refractivity contribution in [1.82, 2.24) is 4.90 Å². The van der Waals surface area contributed by atoms with E-state index >= 15 is 0 Å². The maximum Gasteiger partial charge on any atom is 0.0359 e. The minimum Gasteiger partial charge on any atom is -0.329 e. The molecule has 0 aromatic rings. The highest BCUT2D eigenvalue weighted by Crippen LogP contribution is 2.40. The highest BCUT2D eigenvalue weighted by Gasteiger charge is 2.43. The lowest BCUT2D eigenvalue weighted by atomic mass is 9.68. The molecule has 4 unspecified atom stereocenters. The zero-order valence-electron chi connectivity index (χ0n) is 12.2. The molecule has 0 heterocycles. The standard InChI is InChI=1S/C14H30N2S/c1-11-6-7-12(2)14(8-11,10-15)16(4)13(3)9-17-5/h11-13H,6-10,15H2,1-5H3. The van der Waals surface area contributed by atoms with E-state index in [4.69, 9.17) is 5.73 Å². The Morgan fingerprint density at radius 1 is 1.41 bits per heavy atom. The normalized spacial score (nSPS) is 36.2. The van der Waals surface area contributed by atoms with Crippen LogP contribution in [0.3, 0.4) is 0 Å². The second-order valence-corrected chi connectivity index (χ2v) is 6.92. The summed E-state index contributed by atoms with van der Waals surface area (Å²) in [6.45, 7) is 7.90. The molecule has 1 aliphatic rings. The Morgan fingerprint density at radius 3 is 2.59 bits per heavy atom. The maximum absolute atomic E-state index is 6.18. The van der Waals surface area contributed by atoms with Crippen molar-refractivity contribution < 1.29 is 0 Å². The topological polar surface area (TPSA) is 29.3 Å². The summed E-state index contributed by atoms with van der Waals surface area (Å²) in [7, 11) is 2.28. The molecule has 0 spiro atoms. The summed E-state index contributed by atoms with van der Waals surface area (Å²) in [4.78, 5) is 2.57. The minimum atomic E-state index is 0.229. The summed E-state index contributed by atoms with van der Waals surface area (Å²) in [5.41, 5.74) is 6.41. The molecule has 0 radical (unpaired) electrons. The molecule has 0 aromatic heterocycles. The third-order valence-electron chi connectivity index (χ3n) is 4.84. The van der Waals surface area contributed by atoms with Gasteiger partial charge in [0.2, 0.25) is 0 Å². The Hall–Kier alpha value is 0.270. The zero-order valence-corrected chi connectivity index (χ0v) is 13.0. The lowest BCUT2D eigenvalue weighted by Crippen LogP contribution is -2.61. The van der Waals surface area contributed by atoms with Crippen LogP contribution in [0.4, 0.5) is 0 Å². The summed E-state index contributed by atoms with van der Waals surface area (Å²) in [5.74, 6) is 2.73. The van der Waals surface area contributed by atoms with Gasteiger partial charge in [0.05, 0.1) is 0 Å². The smallest absolute Gasteiger partial charge is 0.0359 e. The van der Waals surface area contributed by atoms with Gasteiger partial charge in [-0.25, -0.2) is 0 Å². The first kappa shape index (κ1) is 15.3. The molecular weight excluding hydrogens is 228 g/mol. The summed E-state index contributed by atoms with van der Waals surface area (Å²) >= 11 is 1.93. The van der Waals surface area contributed by atoms with Crippen LogP contribution in [-0.2, 0) is 0 Å². The van der Waals surface area contributed by atoms with E-state index in [-0.39, 0.29) is 5.54 Å². The molecule has 2 nitrogen and oxygen atoms in total. The van der Waals surface area contributed by atoms with Gasteiger partial charge in [-0.15, -0.1) is 0 Å². The lowest BCUT2D eigenvalue weighted by molar-refractivity contribution is -0.00356. The molecule has 0 bridgehead atoms. The molecule has 17 heavy (non-hydrogen) atoms. The average Bonchev–Trinajstić information content (AvgIpc) is 2.31. The average molecular weight is 258 g/mol. The maximum atomic E-state index is 6.18. The van der Waals surface area contributed by atoms with Gasteiger partial charge in [0.25, 0.3) is 0 Å². The van der Waals surface area contributed by atoms with Crippen LogP contribution in [0.1, 0.15) is 40.0 Å². The van der Waals surface area contributed by atoms with E-state index in [2.05, 4.69) is 39.0 Å². The van der Waals surface area contributed by atoms with Crippen molar-refractivity contribution in [2.24, 2.45) is 17.6 Å². The van der Waals surface area contributed by atoms with Crippen molar-refractivity contribution in [3.8, 4) is 0 Å². The Labute approximate surface area is 112 Å². The van der Waals surface area contributed by atoms with Crippen LogP contribution in [0.25, 0.3) is 0 Å². The second kappa shape index (κ2) is 6.44. The van der Waals surface area contributed by atoms with Gasteiger partial charge >= 0.3 is 0 Å². The van der Waals surface area contributed by atoms with Crippen molar-refractivity contribution >= 4 is 11.8 Å². The van der Waals surface area contributed by atoms with Crippen LogP contribution in [0, 0.1) is 11.8 Å². The van der Waals surface area contributed by atoms with E-state index in [1.54, 1.807) is 0 Å². The van der Waals surface area contributed by atoms with Crippen molar-refractivity contribution in [1.29, 1.82) is 0 Å². The second-order valence-electron chi connectivity index (χ2n) is 6.01. The van der Waals surface area contributed by atoms with Gasteiger partial charge in [0.15, 0.2) is 0 Å². The van der Waals surface area contributed by atoms with E-state index in [0.717, 1.165) is 18.4 Å². The number of hydrogen-bond donors (Lipinski definition) is 1. The van der Waals surface area contributed by atoms with Crippen LogP contribution >= 0.6 is 11.8 Å². The largest absolute Gasteiger partial charge is 0.329 e. The Morgan fingerprint density at radius 2 is 2.06 bits per heavy atom. The minimum absolute atomic E-state index is 0.229. The molecule has 1 fully saturated rings. The van der Waals surface area contributed by atoms with E-state index in [1.165, 1.54) is 25.0 Å². The number of likely N-dealkylation sites (N-methyl/N-ethyl adjacent to an activating group) is 1. The van der Waals surface area contributed by atoms with Crippen molar-refractivity contribution in [3.63, 3.8) is 0 Å². The summed E-state index contributed by atoms with van der Waals surface area (Å²) in [6.07, 6.45) is 6.15. The molecule has 0 amide bonds. The predicted octanol–water partition coefficient (Wildman–Crippen LogP) is 2.82. The highest BCUT2D eigenvalue weighted by atomic mass is 32.2. The van der Waals surface area contributed by atoms with Gasteiger partial charge in [0, 0.05) is 23.9 Å². The SMILES string of the molecule is CSCC(C)N(C)C1(CN)CC(C)CCC1C. The van der Waals surface area contributed by atoms with Crippen molar-refractivity contribution in [2.45, 2.75) is 51.6 Å². The molecule has 1 rings (SSSR count). The highest BCUT2D eigenvalue weighted by molar-refractivity contribution is 7.98. The first-order valence-electron chi connectivity index (χ1n) is 6.90. The van der Waals surface area contributed by atoms with Gasteiger partial charge in [-0.05, 0) is 44.9 Å². The number of thioether (sulfide) groups is 1. The molecule has 2 N–H and O–H groups in total. The number of nitrogens with two attached hydrogens (primary N) is 1. The molecule has 0 aromatic carbocycles. The molecule has 102 valence electrons. The third-order valence-corrected chi connectivity index (χ3v) is 5.65. The van der Waals surface area contributed by atoms with Crippen molar-refractivity contribution in [3.05, 3.63) is 0 Å². The molecule has 1 saturated carbocycles. The van der Waals surface area contributed by atoms with Gasteiger partial charge in [-0.2, -0.15) is 11.8 Å². The van der Waals surface area contributed by atoms with E-state index < -0.39 is 0 Å². The quantitative estimate of drug-likeness (QED) is 0.822. The van der Waals surface area contributed by atoms with E-state index in [9.17, 15) is 0 Å². The third kappa shape index (κ3) is 3.18. The van der Waals surface area contributed by atoms with E-state index in [0.29, 0.717) is 6.04 Å². The van der Waals surface area contributed by atoms with Crippen LogP contribution in [-0.4, -0.2) is 42.1 Å². The molecule has 0 aliphatic heterocycles. The van der Waals surface area contributed by atoms with E-state index in [1.807, 2.05) is 11.8 Å². The summed E-state index contributed by atoms with van der Waals surface area (Å²) in [5, 5.41) is 0. The fourth-order valence-electron chi connectivity index (χ4n) is 3.42.